The molecule has 4 heteroatoms. The average Bonchev–Trinajstić information content (AvgIpc) is 2.19. The molecular formula is C11H22N2OS. The van der Waals surface area contributed by atoms with Gasteiger partial charge < -0.3 is 10.2 Å². The molecule has 2 aliphatic rings. The third-order valence-electron chi connectivity index (χ3n) is 3.47. The lowest BCUT2D eigenvalue weighted by molar-refractivity contribution is 0.172. The van der Waals surface area contributed by atoms with Crippen LogP contribution in [-0.4, -0.2) is 52.8 Å². The van der Waals surface area contributed by atoms with E-state index in [1.54, 1.807) is 0 Å². The summed E-state index contributed by atoms with van der Waals surface area (Å²) in [6, 6.07) is 0.723. The Hall–Kier alpha value is 0.0700. The predicted molar refractivity (Wildman–Crippen MR) is 64.6 cm³/mol. The van der Waals surface area contributed by atoms with E-state index in [1.165, 1.54) is 25.9 Å². The average molecular weight is 230 g/mol. The maximum absolute atomic E-state index is 11.3. The van der Waals surface area contributed by atoms with Gasteiger partial charge in [-0.1, -0.05) is 0 Å². The van der Waals surface area contributed by atoms with Crippen LogP contribution in [0.25, 0.3) is 0 Å². The van der Waals surface area contributed by atoms with Crippen LogP contribution >= 0.6 is 0 Å². The van der Waals surface area contributed by atoms with E-state index in [0.717, 1.165) is 43.5 Å². The van der Waals surface area contributed by atoms with Crippen LogP contribution in [0.3, 0.4) is 0 Å². The lowest BCUT2D eigenvalue weighted by atomic mass is 10.1. The first-order valence-corrected chi connectivity index (χ1v) is 7.65. The molecule has 0 aliphatic carbocycles. The summed E-state index contributed by atoms with van der Waals surface area (Å²) < 4.78 is 11.3. The quantitative estimate of drug-likeness (QED) is 0.715. The fourth-order valence-corrected chi connectivity index (χ4v) is 3.84. The standard InChI is InChI=1S/C11H22N2OS/c14-15-9-3-11(4-10-15)13-7-1-5-12-6-2-8-13/h11-12H,1-10H2. The Morgan fingerprint density at radius 1 is 1.07 bits per heavy atom. The van der Waals surface area contributed by atoms with Crippen molar-refractivity contribution < 1.29 is 4.21 Å². The first-order valence-electron chi connectivity index (χ1n) is 6.16. The Balaban J connectivity index is 1.82. The molecule has 2 rings (SSSR count). The molecule has 0 radical (unpaired) electrons. The molecule has 1 N–H and O–H groups in total. The summed E-state index contributed by atoms with van der Waals surface area (Å²) in [5, 5.41) is 3.44. The zero-order valence-corrected chi connectivity index (χ0v) is 10.2. The monoisotopic (exact) mass is 230 g/mol. The molecule has 0 bridgehead atoms. The van der Waals surface area contributed by atoms with Crippen LogP contribution in [0.15, 0.2) is 0 Å². The van der Waals surface area contributed by atoms with E-state index in [-0.39, 0.29) is 0 Å². The van der Waals surface area contributed by atoms with Gasteiger partial charge in [0.1, 0.15) is 0 Å². The van der Waals surface area contributed by atoms with Gasteiger partial charge in [0, 0.05) is 28.3 Å². The summed E-state index contributed by atoms with van der Waals surface area (Å²) in [5.41, 5.74) is 0. The smallest absolute Gasteiger partial charge is 0.0249 e. The van der Waals surface area contributed by atoms with E-state index in [9.17, 15) is 4.21 Å². The van der Waals surface area contributed by atoms with Gasteiger partial charge in [-0.05, 0) is 51.9 Å². The highest BCUT2D eigenvalue weighted by molar-refractivity contribution is 7.85. The second-order valence-corrected chi connectivity index (χ2v) is 6.27. The molecule has 0 spiro atoms. The number of nitrogens with zero attached hydrogens (tertiary/aromatic N) is 1. The number of hydrogen-bond acceptors (Lipinski definition) is 3. The lowest BCUT2D eigenvalue weighted by Crippen LogP contribution is -2.43. The van der Waals surface area contributed by atoms with Crippen molar-refractivity contribution in [3.63, 3.8) is 0 Å². The zero-order chi connectivity index (χ0) is 10.5. The largest absolute Gasteiger partial charge is 0.317 e. The van der Waals surface area contributed by atoms with Crippen LogP contribution in [0.5, 0.6) is 0 Å². The van der Waals surface area contributed by atoms with E-state index in [1.807, 2.05) is 0 Å². The minimum atomic E-state index is -0.512. The molecule has 0 aromatic rings. The fourth-order valence-electron chi connectivity index (χ4n) is 2.56. The van der Waals surface area contributed by atoms with E-state index in [0.29, 0.717) is 0 Å². The van der Waals surface area contributed by atoms with Gasteiger partial charge in [-0.2, -0.15) is 0 Å². The van der Waals surface area contributed by atoms with Gasteiger partial charge in [0.15, 0.2) is 0 Å². The van der Waals surface area contributed by atoms with E-state index >= 15 is 0 Å². The first-order chi connectivity index (χ1) is 7.36. The van der Waals surface area contributed by atoms with Crippen LogP contribution in [0, 0.1) is 0 Å². The van der Waals surface area contributed by atoms with Gasteiger partial charge in [-0.3, -0.25) is 4.21 Å². The maximum Gasteiger partial charge on any atom is 0.0249 e. The Kier molecular flexibility index (Phi) is 4.60. The van der Waals surface area contributed by atoms with Gasteiger partial charge in [-0.15, -0.1) is 0 Å². The molecule has 0 atom stereocenters. The molecule has 0 aromatic heterocycles. The molecule has 2 saturated heterocycles. The molecule has 0 amide bonds. The second-order valence-electron chi connectivity index (χ2n) is 4.57. The number of rotatable bonds is 1. The molecule has 0 unspecified atom stereocenters. The van der Waals surface area contributed by atoms with Crippen molar-refractivity contribution >= 4 is 10.8 Å². The van der Waals surface area contributed by atoms with Crippen molar-refractivity contribution in [2.75, 3.05) is 37.7 Å². The van der Waals surface area contributed by atoms with E-state index in [4.69, 9.17) is 0 Å². The van der Waals surface area contributed by atoms with Crippen LogP contribution in [0.1, 0.15) is 25.7 Å². The molecule has 2 heterocycles. The fraction of sp³-hybridized carbons (Fsp3) is 1.00. The van der Waals surface area contributed by atoms with Crippen molar-refractivity contribution in [2.24, 2.45) is 0 Å². The summed E-state index contributed by atoms with van der Waals surface area (Å²) >= 11 is 0. The van der Waals surface area contributed by atoms with Crippen molar-refractivity contribution in [3.05, 3.63) is 0 Å². The molecule has 0 saturated carbocycles. The van der Waals surface area contributed by atoms with E-state index < -0.39 is 10.8 Å². The normalized spacial score (nSPS) is 35.7. The first kappa shape index (κ1) is 11.6. The van der Waals surface area contributed by atoms with Gasteiger partial charge in [-0.25, -0.2) is 0 Å². The highest BCUT2D eigenvalue weighted by atomic mass is 32.2. The van der Waals surface area contributed by atoms with Crippen molar-refractivity contribution in [2.45, 2.75) is 31.7 Å². The molecule has 15 heavy (non-hydrogen) atoms. The highest BCUT2D eigenvalue weighted by Gasteiger charge is 2.23. The van der Waals surface area contributed by atoms with Crippen LogP contribution in [0.4, 0.5) is 0 Å². The SMILES string of the molecule is O=S1CCC(N2CCCNCCC2)CC1. The Bertz CT molecular complexity index is 205. The topological polar surface area (TPSA) is 32.3 Å². The molecule has 2 fully saturated rings. The minimum absolute atomic E-state index is 0.512. The number of nitrogens with one attached hydrogen (secondary N) is 1. The summed E-state index contributed by atoms with van der Waals surface area (Å²) in [5.74, 6) is 1.86. The molecule has 88 valence electrons. The molecule has 0 aromatic carbocycles. The van der Waals surface area contributed by atoms with Crippen molar-refractivity contribution in [1.29, 1.82) is 0 Å². The predicted octanol–water partition coefficient (Wildman–Crippen LogP) is 0.583. The second kappa shape index (κ2) is 5.97. The third kappa shape index (κ3) is 3.54. The van der Waals surface area contributed by atoms with Crippen molar-refractivity contribution in [3.8, 4) is 0 Å². The maximum atomic E-state index is 11.3. The van der Waals surface area contributed by atoms with Gasteiger partial charge in [0.25, 0.3) is 0 Å². The molecular weight excluding hydrogens is 208 g/mol. The highest BCUT2D eigenvalue weighted by Crippen LogP contribution is 2.17. The summed E-state index contributed by atoms with van der Waals surface area (Å²) in [7, 11) is -0.512. The van der Waals surface area contributed by atoms with Crippen LogP contribution in [-0.2, 0) is 10.8 Å². The van der Waals surface area contributed by atoms with Gasteiger partial charge >= 0.3 is 0 Å². The third-order valence-corrected chi connectivity index (χ3v) is 4.85. The Morgan fingerprint density at radius 3 is 2.27 bits per heavy atom. The van der Waals surface area contributed by atoms with Crippen LogP contribution < -0.4 is 5.32 Å². The lowest BCUT2D eigenvalue weighted by Gasteiger charge is -2.35. The number of hydrogen-bond donors (Lipinski definition) is 1. The Labute approximate surface area is 95.1 Å². The molecule has 2 aliphatic heterocycles. The Morgan fingerprint density at radius 2 is 1.67 bits per heavy atom. The van der Waals surface area contributed by atoms with Gasteiger partial charge in [0.2, 0.25) is 0 Å². The summed E-state index contributed by atoms with van der Waals surface area (Å²) in [4.78, 5) is 2.64. The van der Waals surface area contributed by atoms with Gasteiger partial charge in [0.05, 0.1) is 0 Å². The summed E-state index contributed by atoms with van der Waals surface area (Å²) in [6.45, 7) is 4.78. The zero-order valence-electron chi connectivity index (χ0n) is 9.41. The molecule has 3 nitrogen and oxygen atoms in total. The minimum Gasteiger partial charge on any atom is -0.317 e. The van der Waals surface area contributed by atoms with Crippen LogP contribution in [0.2, 0.25) is 0 Å². The van der Waals surface area contributed by atoms with E-state index in [2.05, 4.69) is 10.2 Å². The summed E-state index contributed by atoms with van der Waals surface area (Å²) in [6.07, 6.45) is 4.83. The van der Waals surface area contributed by atoms with Crippen molar-refractivity contribution in [1.82, 2.24) is 10.2 Å².